The molecule has 3 fully saturated rings. The summed E-state index contributed by atoms with van der Waals surface area (Å²) in [5.41, 5.74) is 1.25. The van der Waals surface area contributed by atoms with E-state index in [0.717, 1.165) is 83.7 Å². The number of rotatable bonds is 11. The summed E-state index contributed by atoms with van der Waals surface area (Å²) in [6.45, 7) is 1.35. The summed E-state index contributed by atoms with van der Waals surface area (Å²) in [5, 5.41) is 22.8. The minimum absolute atomic E-state index is 0.108. The third kappa shape index (κ3) is 7.36. The summed E-state index contributed by atoms with van der Waals surface area (Å²) in [4.78, 5) is 0. The molecular weight excluding hydrogens is 432 g/mol. The first kappa shape index (κ1) is 25.8. The second-order valence-electron chi connectivity index (χ2n) is 9.97. The Bertz CT molecular complexity index is 722. The highest BCUT2D eigenvalue weighted by Crippen LogP contribution is 2.39. The number of hydrogen-bond donors (Lipinski definition) is 2. The first-order valence-electron chi connectivity index (χ1n) is 13.3. The zero-order chi connectivity index (χ0) is 23.6. The topological polar surface area (TPSA) is 77.4 Å². The maximum absolute atomic E-state index is 11.6. The lowest BCUT2D eigenvalue weighted by atomic mass is 9.91. The van der Waals surface area contributed by atoms with Gasteiger partial charge in [-0.25, -0.2) is 0 Å². The van der Waals surface area contributed by atoms with E-state index >= 15 is 0 Å². The lowest BCUT2D eigenvalue weighted by Gasteiger charge is -2.40. The fraction of sp³-hybridized carbons (Fsp3) is 0.714. The quantitative estimate of drug-likeness (QED) is 0.352. The standard InChI is InChI=1S/C28H42O6/c29-25(28(30,23-12-4-5-13-23)34-27-15-7-9-21-32-27)19-18-24(33-26-14-6-8-20-31-26)17-16-22-10-2-1-3-11-22/h1-3,10-11,18-19,23-27,29-30H,4-9,12-17,20-21H2/b19-18+/t24-,25?,26-,27?,28?/m0/s1. The molecule has 3 unspecified atom stereocenters. The van der Waals surface area contributed by atoms with Gasteiger partial charge >= 0.3 is 0 Å². The molecular formula is C28H42O6. The van der Waals surface area contributed by atoms with Crippen LogP contribution in [0.4, 0.5) is 0 Å². The van der Waals surface area contributed by atoms with E-state index in [9.17, 15) is 10.2 Å². The van der Waals surface area contributed by atoms with Gasteiger partial charge in [0.2, 0.25) is 5.79 Å². The molecule has 2 saturated heterocycles. The molecule has 4 rings (SSSR count). The predicted molar refractivity (Wildman–Crippen MR) is 130 cm³/mol. The van der Waals surface area contributed by atoms with Crippen molar-refractivity contribution in [1.82, 2.24) is 0 Å². The van der Waals surface area contributed by atoms with E-state index in [0.29, 0.717) is 6.61 Å². The van der Waals surface area contributed by atoms with Gasteiger partial charge in [0.25, 0.3) is 0 Å². The Morgan fingerprint density at radius 3 is 2.18 bits per heavy atom. The minimum Gasteiger partial charge on any atom is -0.383 e. The smallest absolute Gasteiger partial charge is 0.201 e. The van der Waals surface area contributed by atoms with E-state index in [1.807, 2.05) is 24.3 Å². The molecule has 0 bridgehead atoms. The maximum Gasteiger partial charge on any atom is 0.201 e. The molecule has 2 N–H and O–H groups in total. The summed E-state index contributed by atoms with van der Waals surface area (Å²) in [6, 6.07) is 10.3. The van der Waals surface area contributed by atoms with Gasteiger partial charge in [0.05, 0.1) is 6.10 Å². The van der Waals surface area contributed by atoms with Crippen LogP contribution in [-0.4, -0.2) is 54.0 Å². The molecule has 0 spiro atoms. The number of aliphatic hydroxyl groups excluding tert-OH is 1. The minimum atomic E-state index is -1.65. The lowest BCUT2D eigenvalue weighted by molar-refractivity contribution is -0.341. The Morgan fingerprint density at radius 2 is 1.53 bits per heavy atom. The molecule has 6 nitrogen and oxygen atoms in total. The van der Waals surface area contributed by atoms with Gasteiger partial charge in [-0.05, 0) is 69.8 Å². The van der Waals surface area contributed by atoms with Crippen molar-refractivity contribution in [1.29, 1.82) is 0 Å². The fourth-order valence-electron chi connectivity index (χ4n) is 5.31. The molecule has 0 radical (unpaired) electrons. The van der Waals surface area contributed by atoms with E-state index in [4.69, 9.17) is 18.9 Å². The first-order valence-corrected chi connectivity index (χ1v) is 13.3. The fourth-order valence-corrected chi connectivity index (χ4v) is 5.31. The molecule has 1 saturated carbocycles. The normalized spacial score (nSPS) is 28.1. The Hall–Kier alpha value is -1.28. The van der Waals surface area contributed by atoms with Crippen LogP contribution in [0.3, 0.4) is 0 Å². The molecule has 34 heavy (non-hydrogen) atoms. The summed E-state index contributed by atoms with van der Waals surface area (Å²) in [5.74, 6) is -1.76. The van der Waals surface area contributed by atoms with Gasteiger partial charge in [0.1, 0.15) is 6.10 Å². The van der Waals surface area contributed by atoms with E-state index in [1.165, 1.54) is 5.56 Å². The van der Waals surface area contributed by atoms with E-state index < -0.39 is 18.2 Å². The van der Waals surface area contributed by atoms with Gasteiger partial charge in [-0.15, -0.1) is 0 Å². The third-order valence-corrected chi connectivity index (χ3v) is 7.35. The molecule has 3 aliphatic rings. The monoisotopic (exact) mass is 474 g/mol. The molecule has 2 aliphatic heterocycles. The molecule has 0 aromatic heterocycles. The van der Waals surface area contributed by atoms with Crippen LogP contribution in [0.1, 0.15) is 76.2 Å². The average molecular weight is 475 g/mol. The van der Waals surface area contributed by atoms with Gasteiger partial charge < -0.3 is 29.2 Å². The van der Waals surface area contributed by atoms with Crippen molar-refractivity contribution in [3.63, 3.8) is 0 Å². The SMILES string of the molecule is OC(/C=C/[C@H](CCc1ccccc1)O[C@H]1CCCCO1)C(O)(OC1CCCCO1)C1CCCC1. The van der Waals surface area contributed by atoms with Crippen LogP contribution in [-0.2, 0) is 25.4 Å². The van der Waals surface area contributed by atoms with Crippen LogP contribution < -0.4 is 0 Å². The van der Waals surface area contributed by atoms with Crippen LogP contribution >= 0.6 is 0 Å². The molecule has 5 atom stereocenters. The van der Waals surface area contributed by atoms with Crippen molar-refractivity contribution in [3.8, 4) is 0 Å². The van der Waals surface area contributed by atoms with Gasteiger partial charge in [-0.3, -0.25) is 0 Å². The van der Waals surface area contributed by atoms with Crippen LogP contribution in [0.15, 0.2) is 42.5 Å². The van der Waals surface area contributed by atoms with Gasteiger partial charge in [-0.1, -0.05) is 55.3 Å². The van der Waals surface area contributed by atoms with Gasteiger partial charge in [-0.2, -0.15) is 0 Å². The first-order chi connectivity index (χ1) is 16.6. The molecule has 1 aliphatic carbocycles. The highest BCUT2D eigenvalue weighted by molar-refractivity contribution is 5.15. The zero-order valence-electron chi connectivity index (χ0n) is 20.4. The van der Waals surface area contributed by atoms with Crippen molar-refractivity contribution >= 4 is 0 Å². The lowest BCUT2D eigenvalue weighted by Crippen LogP contribution is -2.52. The third-order valence-electron chi connectivity index (χ3n) is 7.35. The van der Waals surface area contributed by atoms with Crippen molar-refractivity contribution < 1.29 is 29.2 Å². The highest BCUT2D eigenvalue weighted by atomic mass is 16.7. The van der Waals surface area contributed by atoms with Crippen molar-refractivity contribution in [3.05, 3.63) is 48.0 Å². The Labute approximate surface area is 204 Å². The Morgan fingerprint density at radius 1 is 0.882 bits per heavy atom. The molecule has 0 amide bonds. The number of aryl methyl sites for hydroxylation is 1. The molecule has 1 aromatic rings. The predicted octanol–water partition coefficient (Wildman–Crippen LogP) is 4.87. The second kappa shape index (κ2) is 13.1. The van der Waals surface area contributed by atoms with Crippen molar-refractivity contribution in [2.45, 2.75) is 108 Å². The highest BCUT2D eigenvalue weighted by Gasteiger charge is 2.46. The van der Waals surface area contributed by atoms with Crippen molar-refractivity contribution in [2.24, 2.45) is 5.92 Å². The summed E-state index contributed by atoms with van der Waals surface area (Å²) < 4.78 is 23.9. The summed E-state index contributed by atoms with van der Waals surface area (Å²) >= 11 is 0. The van der Waals surface area contributed by atoms with Crippen LogP contribution in [0.2, 0.25) is 0 Å². The summed E-state index contributed by atoms with van der Waals surface area (Å²) in [7, 11) is 0. The van der Waals surface area contributed by atoms with E-state index in [2.05, 4.69) is 12.1 Å². The van der Waals surface area contributed by atoms with Crippen LogP contribution in [0.25, 0.3) is 0 Å². The zero-order valence-corrected chi connectivity index (χ0v) is 20.4. The Kier molecular flexibility index (Phi) is 9.98. The Balaban J connectivity index is 1.44. The van der Waals surface area contributed by atoms with E-state index in [-0.39, 0.29) is 18.3 Å². The molecule has 2 heterocycles. The maximum atomic E-state index is 11.6. The number of hydrogen-bond acceptors (Lipinski definition) is 6. The van der Waals surface area contributed by atoms with Crippen LogP contribution in [0.5, 0.6) is 0 Å². The van der Waals surface area contributed by atoms with Crippen molar-refractivity contribution in [2.75, 3.05) is 13.2 Å². The molecule has 1 aromatic carbocycles. The average Bonchev–Trinajstić information content (AvgIpc) is 3.43. The summed E-state index contributed by atoms with van der Waals surface area (Å²) in [6.07, 6.45) is 12.7. The van der Waals surface area contributed by atoms with Crippen LogP contribution in [0, 0.1) is 5.92 Å². The van der Waals surface area contributed by atoms with Gasteiger partial charge in [0, 0.05) is 19.1 Å². The molecule has 190 valence electrons. The largest absolute Gasteiger partial charge is 0.383 e. The second-order valence-corrected chi connectivity index (χ2v) is 9.97. The number of benzene rings is 1. The number of aliphatic hydroxyl groups is 2. The molecule has 6 heteroatoms. The van der Waals surface area contributed by atoms with E-state index in [1.54, 1.807) is 6.08 Å². The number of ether oxygens (including phenoxy) is 4. The van der Waals surface area contributed by atoms with Gasteiger partial charge in [0.15, 0.2) is 12.6 Å².